The number of ether oxygens (including phenoxy) is 3. The SMILES string of the molecule is COc1cc(-c2nc3ccccc3c(=O)n2CC(=O)N2CCCC2)cc(OC)c1OC. The number of hydrogen-bond acceptors (Lipinski definition) is 6. The largest absolute Gasteiger partial charge is 0.493 e. The van der Waals surface area contributed by atoms with Crippen molar-refractivity contribution in [3.8, 4) is 28.6 Å². The molecular weight excluding hydrogens is 398 g/mol. The van der Waals surface area contributed by atoms with Gasteiger partial charge in [0.05, 0.1) is 32.2 Å². The number of likely N-dealkylation sites (tertiary alicyclic amines) is 1. The first kappa shape index (κ1) is 20.7. The first-order valence-corrected chi connectivity index (χ1v) is 10.1. The van der Waals surface area contributed by atoms with Crippen LogP contribution in [0.5, 0.6) is 17.2 Å². The van der Waals surface area contributed by atoms with Crippen molar-refractivity contribution >= 4 is 16.8 Å². The summed E-state index contributed by atoms with van der Waals surface area (Å²) in [6.07, 6.45) is 1.96. The fraction of sp³-hybridized carbons (Fsp3) is 0.348. The zero-order valence-electron chi connectivity index (χ0n) is 17.9. The average molecular weight is 423 g/mol. The number of hydrogen-bond donors (Lipinski definition) is 0. The van der Waals surface area contributed by atoms with E-state index in [1.54, 1.807) is 35.2 Å². The van der Waals surface area contributed by atoms with Crippen LogP contribution in [0, 0.1) is 0 Å². The topological polar surface area (TPSA) is 82.9 Å². The quantitative estimate of drug-likeness (QED) is 0.606. The maximum absolute atomic E-state index is 13.4. The van der Waals surface area contributed by atoms with Crippen LogP contribution in [0.15, 0.2) is 41.2 Å². The van der Waals surface area contributed by atoms with Crippen molar-refractivity contribution in [1.29, 1.82) is 0 Å². The van der Waals surface area contributed by atoms with E-state index in [4.69, 9.17) is 19.2 Å². The minimum Gasteiger partial charge on any atom is -0.493 e. The number of benzene rings is 2. The summed E-state index contributed by atoms with van der Waals surface area (Å²) in [5, 5.41) is 0.466. The van der Waals surface area contributed by atoms with Crippen LogP contribution in [0.25, 0.3) is 22.3 Å². The van der Waals surface area contributed by atoms with Crippen molar-refractivity contribution in [2.75, 3.05) is 34.4 Å². The number of carbonyl (C=O) groups excluding carboxylic acids is 1. The lowest BCUT2D eigenvalue weighted by atomic mass is 10.1. The summed E-state index contributed by atoms with van der Waals surface area (Å²) in [5.41, 5.74) is 0.884. The standard InChI is InChI=1S/C23H25N3O5/c1-29-18-12-15(13-19(30-2)21(18)31-3)22-24-17-9-5-4-8-16(17)23(28)26(22)14-20(27)25-10-6-7-11-25/h4-5,8-9,12-13H,6-7,10-11,14H2,1-3H3. The lowest BCUT2D eigenvalue weighted by Crippen LogP contribution is -2.35. The third-order valence-electron chi connectivity index (χ3n) is 5.54. The van der Waals surface area contributed by atoms with E-state index in [0.29, 0.717) is 52.6 Å². The van der Waals surface area contributed by atoms with E-state index < -0.39 is 0 Å². The predicted octanol–water partition coefficient (Wildman–Crippen LogP) is 2.71. The molecule has 0 spiro atoms. The minimum atomic E-state index is -0.262. The number of para-hydroxylation sites is 1. The van der Waals surface area contributed by atoms with Gasteiger partial charge in [-0.2, -0.15) is 0 Å². The molecule has 0 unspecified atom stereocenters. The Labute approximate surface area is 180 Å². The smallest absolute Gasteiger partial charge is 0.262 e. The van der Waals surface area contributed by atoms with Crippen LogP contribution in [0.4, 0.5) is 0 Å². The van der Waals surface area contributed by atoms with Gasteiger partial charge in [-0.25, -0.2) is 4.98 Å². The monoisotopic (exact) mass is 423 g/mol. The Balaban J connectivity index is 1.92. The summed E-state index contributed by atoms with van der Waals surface area (Å²) in [6, 6.07) is 10.6. The summed E-state index contributed by atoms with van der Waals surface area (Å²) in [7, 11) is 4.58. The highest BCUT2D eigenvalue weighted by atomic mass is 16.5. The van der Waals surface area contributed by atoms with E-state index in [1.807, 2.05) is 6.07 Å². The highest BCUT2D eigenvalue weighted by Gasteiger charge is 2.23. The molecule has 8 nitrogen and oxygen atoms in total. The third kappa shape index (κ3) is 3.81. The van der Waals surface area contributed by atoms with Crippen molar-refractivity contribution in [2.45, 2.75) is 19.4 Å². The van der Waals surface area contributed by atoms with Crippen LogP contribution in [-0.2, 0) is 11.3 Å². The normalized spacial score (nSPS) is 13.5. The van der Waals surface area contributed by atoms with Crippen LogP contribution in [0.3, 0.4) is 0 Å². The number of methoxy groups -OCH3 is 3. The number of carbonyl (C=O) groups is 1. The second kappa shape index (κ2) is 8.67. The molecule has 31 heavy (non-hydrogen) atoms. The minimum absolute atomic E-state index is 0.0807. The summed E-state index contributed by atoms with van der Waals surface area (Å²) < 4.78 is 17.8. The Hall–Kier alpha value is -3.55. The number of amides is 1. The van der Waals surface area contributed by atoms with Gasteiger partial charge in [0, 0.05) is 18.7 Å². The molecule has 0 atom stereocenters. The van der Waals surface area contributed by atoms with E-state index in [1.165, 1.54) is 25.9 Å². The molecule has 4 rings (SSSR count). The number of rotatable bonds is 6. The Morgan fingerprint density at radius 3 is 2.26 bits per heavy atom. The van der Waals surface area contributed by atoms with Gasteiger partial charge in [0.25, 0.3) is 5.56 Å². The molecule has 0 aliphatic carbocycles. The highest BCUT2D eigenvalue weighted by Crippen LogP contribution is 2.40. The van der Waals surface area contributed by atoms with E-state index in [0.717, 1.165) is 12.8 Å². The molecule has 1 amide bonds. The van der Waals surface area contributed by atoms with Gasteiger partial charge in [-0.1, -0.05) is 12.1 Å². The van der Waals surface area contributed by atoms with Gasteiger partial charge < -0.3 is 19.1 Å². The lowest BCUT2D eigenvalue weighted by Gasteiger charge is -2.19. The van der Waals surface area contributed by atoms with Crippen LogP contribution in [0.1, 0.15) is 12.8 Å². The molecular formula is C23H25N3O5. The van der Waals surface area contributed by atoms with Crippen molar-refractivity contribution in [3.05, 3.63) is 46.8 Å². The molecule has 0 N–H and O–H groups in total. The number of aromatic nitrogens is 2. The fourth-order valence-electron chi connectivity index (χ4n) is 3.95. The second-order valence-electron chi connectivity index (χ2n) is 7.35. The Bertz CT molecular complexity index is 1160. The van der Waals surface area contributed by atoms with E-state index in [9.17, 15) is 9.59 Å². The Morgan fingerprint density at radius 2 is 1.65 bits per heavy atom. The van der Waals surface area contributed by atoms with Crippen LogP contribution >= 0.6 is 0 Å². The molecule has 1 fully saturated rings. The molecule has 2 aromatic carbocycles. The molecule has 3 aromatic rings. The van der Waals surface area contributed by atoms with Crippen molar-refractivity contribution < 1.29 is 19.0 Å². The molecule has 2 heterocycles. The van der Waals surface area contributed by atoms with Gasteiger partial charge >= 0.3 is 0 Å². The fourth-order valence-corrected chi connectivity index (χ4v) is 3.95. The van der Waals surface area contributed by atoms with Gasteiger partial charge in [-0.05, 0) is 37.1 Å². The molecule has 1 aliphatic heterocycles. The first-order valence-electron chi connectivity index (χ1n) is 10.1. The molecule has 1 aromatic heterocycles. The Morgan fingerprint density at radius 1 is 1.00 bits per heavy atom. The summed E-state index contributed by atoms with van der Waals surface area (Å²) >= 11 is 0. The van der Waals surface area contributed by atoms with Crippen LogP contribution in [0.2, 0.25) is 0 Å². The molecule has 8 heteroatoms. The van der Waals surface area contributed by atoms with E-state index >= 15 is 0 Å². The molecule has 1 saturated heterocycles. The highest BCUT2D eigenvalue weighted by molar-refractivity contribution is 5.82. The zero-order chi connectivity index (χ0) is 22.0. The van der Waals surface area contributed by atoms with Gasteiger partial charge in [-0.15, -0.1) is 0 Å². The molecule has 0 bridgehead atoms. The predicted molar refractivity (Wildman–Crippen MR) is 117 cm³/mol. The van der Waals surface area contributed by atoms with Gasteiger partial charge in [-0.3, -0.25) is 14.2 Å². The van der Waals surface area contributed by atoms with E-state index in [-0.39, 0.29) is 18.0 Å². The zero-order valence-corrected chi connectivity index (χ0v) is 17.9. The Kier molecular flexibility index (Phi) is 5.79. The summed E-state index contributed by atoms with van der Waals surface area (Å²) in [4.78, 5) is 32.8. The molecule has 162 valence electrons. The van der Waals surface area contributed by atoms with Gasteiger partial charge in [0.2, 0.25) is 11.7 Å². The maximum Gasteiger partial charge on any atom is 0.262 e. The van der Waals surface area contributed by atoms with Crippen LogP contribution in [-0.4, -0.2) is 54.8 Å². The molecule has 0 radical (unpaired) electrons. The third-order valence-corrected chi connectivity index (χ3v) is 5.54. The number of fused-ring (bicyclic) bond motifs is 1. The second-order valence-corrected chi connectivity index (χ2v) is 7.35. The summed E-state index contributed by atoms with van der Waals surface area (Å²) in [5.74, 6) is 1.60. The molecule has 1 aliphatic rings. The first-order chi connectivity index (χ1) is 15.1. The lowest BCUT2D eigenvalue weighted by molar-refractivity contribution is -0.130. The van der Waals surface area contributed by atoms with Crippen molar-refractivity contribution in [1.82, 2.24) is 14.5 Å². The van der Waals surface area contributed by atoms with E-state index in [2.05, 4.69) is 0 Å². The van der Waals surface area contributed by atoms with Crippen LogP contribution < -0.4 is 19.8 Å². The van der Waals surface area contributed by atoms with Crippen molar-refractivity contribution in [2.24, 2.45) is 0 Å². The maximum atomic E-state index is 13.4. The number of nitrogens with zero attached hydrogens (tertiary/aromatic N) is 3. The average Bonchev–Trinajstić information content (AvgIpc) is 3.35. The van der Waals surface area contributed by atoms with Gasteiger partial charge in [0.15, 0.2) is 11.5 Å². The summed E-state index contributed by atoms with van der Waals surface area (Å²) in [6.45, 7) is 1.35. The van der Waals surface area contributed by atoms with Gasteiger partial charge in [0.1, 0.15) is 12.4 Å². The molecule has 0 saturated carbocycles. The van der Waals surface area contributed by atoms with Crippen molar-refractivity contribution in [3.63, 3.8) is 0 Å².